The SMILES string of the molecule is CC1CN(C)c2ccccc2CN1C(=O)NCCc1cccnc1. The quantitative estimate of drug-likeness (QED) is 0.944. The molecular formula is C19H24N4O. The van der Waals surface area contributed by atoms with Crippen LogP contribution in [-0.2, 0) is 13.0 Å². The van der Waals surface area contributed by atoms with Gasteiger partial charge in [-0.1, -0.05) is 24.3 Å². The number of urea groups is 1. The fraction of sp³-hybridized carbons (Fsp3) is 0.368. The third-order valence-electron chi connectivity index (χ3n) is 4.49. The van der Waals surface area contributed by atoms with Crippen molar-refractivity contribution >= 4 is 11.7 Å². The first-order chi connectivity index (χ1) is 11.6. The molecule has 1 aromatic heterocycles. The van der Waals surface area contributed by atoms with Gasteiger partial charge in [0, 0.05) is 50.8 Å². The number of hydrogen-bond donors (Lipinski definition) is 1. The number of para-hydroxylation sites is 1. The minimum atomic E-state index is -0.00325. The van der Waals surface area contributed by atoms with Crippen LogP contribution < -0.4 is 10.2 Å². The van der Waals surface area contributed by atoms with Crippen LogP contribution in [0, 0.1) is 0 Å². The normalized spacial score (nSPS) is 17.2. The van der Waals surface area contributed by atoms with Crippen LogP contribution in [0.4, 0.5) is 10.5 Å². The van der Waals surface area contributed by atoms with Gasteiger partial charge in [0.2, 0.25) is 0 Å². The molecule has 1 aromatic carbocycles. The van der Waals surface area contributed by atoms with Gasteiger partial charge in [0.1, 0.15) is 0 Å². The first-order valence-corrected chi connectivity index (χ1v) is 8.37. The lowest BCUT2D eigenvalue weighted by Gasteiger charge is -2.28. The Hall–Kier alpha value is -2.56. The van der Waals surface area contributed by atoms with Crippen LogP contribution in [0.1, 0.15) is 18.1 Å². The van der Waals surface area contributed by atoms with Crippen molar-refractivity contribution in [3.05, 3.63) is 59.9 Å². The van der Waals surface area contributed by atoms with Gasteiger partial charge in [0.05, 0.1) is 0 Å². The molecule has 0 radical (unpaired) electrons. The summed E-state index contributed by atoms with van der Waals surface area (Å²) in [5, 5.41) is 3.05. The van der Waals surface area contributed by atoms with Gasteiger partial charge >= 0.3 is 6.03 Å². The standard InChI is InChI=1S/C19H24N4O/c1-15-13-22(2)18-8-4-3-7-17(18)14-23(15)19(24)21-11-9-16-6-5-10-20-12-16/h3-8,10,12,15H,9,11,13-14H2,1-2H3,(H,21,24). The van der Waals surface area contributed by atoms with Crippen molar-refractivity contribution in [1.82, 2.24) is 15.2 Å². The highest BCUT2D eigenvalue weighted by atomic mass is 16.2. The number of carbonyl (C=O) groups excluding carboxylic acids is 1. The third kappa shape index (κ3) is 3.67. The summed E-state index contributed by atoms with van der Waals surface area (Å²) in [5.74, 6) is 0. The molecule has 5 heteroatoms. The lowest BCUT2D eigenvalue weighted by Crippen LogP contribution is -2.47. The van der Waals surface area contributed by atoms with Crippen LogP contribution in [-0.4, -0.2) is 42.1 Å². The minimum absolute atomic E-state index is 0.00325. The molecule has 0 spiro atoms. The molecule has 2 amide bonds. The van der Waals surface area contributed by atoms with Gasteiger partial charge in [-0.25, -0.2) is 4.79 Å². The molecule has 3 rings (SSSR count). The van der Waals surface area contributed by atoms with Crippen LogP contribution in [0.3, 0.4) is 0 Å². The Morgan fingerprint density at radius 1 is 1.29 bits per heavy atom. The van der Waals surface area contributed by atoms with E-state index in [-0.39, 0.29) is 12.1 Å². The molecule has 0 aliphatic carbocycles. The summed E-state index contributed by atoms with van der Waals surface area (Å²) in [7, 11) is 2.08. The predicted octanol–water partition coefficient (Wildman–Crippen LogP) is 2.67. The van der Waals surface area contributed by atoms with Crippen molar-refractivity contribution in [2.45, 2.75) is 25.9 Å². The second kappa shape index (κ2) is 7.34. The minimum Gasteiger partial charge on any atom is -0.372 e. The van der Waals surface area contributed by atoms with E-state index in [4.69, 9.17) is 0 Å². The summed E-state index contributed by atoms with van der Waals surface area (Å²) in [6.45, 7) is 4.18. The maximum absolute atomic E-state index is 12.6. The van der Waals surface area contributed by atoms with Gasteiger partial charge in [-0.3, -0.25) is 4.98 Å². The van der Waals surface area contributed by atoms with Crippen LogP contribution >= 0.6 is 0 Å². The van der Waals surface area contributed by atoms with Crippen molar-refractivity contribution in [3.8, 4) is 0 Å². The number of fused-ring (bicyclic) bond motifs is 1. The maximum atomic E-state index is 12.6. The fourth-order valence-corrected chi connectivity index (χ4v) is 3.18. The summed E-state index contributed by atoms with van der Waals surface area (Å²) >= 11 is 0. The number of hydrogen-bond acceptors (Lipinski definition) is 3. The van der Waals surface area contributed by atoms with E-state index in [2.05, 4.69) is 41.3 Å². The maximum Gasteiger partial charge on any atom is 0.318 e. The van der Waals surface area contributed by atoms with Crippen molar-refractivity contribution in [1.29, 1.82) is 0 Å². The number of amides is 2. The topological polar surface area (TPSA) is 48.5 Å². The second-order valence-corrected chi connectivity index (χ2v) is 6.33. The first kappa shape index (κ1) is 16.3. The average molecular weight is 324 g/mol. The number of pyridine rings is 1. The van der Waals surface area contributed by atoms with E-state index in [0.29, 0.717) is 13.1 Å². The first-order valence-electron chi connectivity index (χ1n) is 8.37. The Morgan fingerprint density at radius 3 is 2.92 bits per heavy atom. The van der Waals surface area contributed by atoms with Crippen LogP contribution in [0.25, 0.3) is 0 Å². The third-order valence-corrected chi connectivity index (χ3v) is 4.49. The lowest BCUT2D eigenvalue weighted by molar-refractivity contribution is 0.178. The van der Waals surface area contributed by atoms with E-state index < -0.39 is 0 Å². The van der Waals surface area contributed by atoms with Gasteiger partial charge in [0.15, 0.2) is 0 Å². The number of rotatable bonds is 3. The molecule has 5 nitrogen and oxygen atoms in total. The Bertz CT molecular complexity index is 689. The van der Waals surface area contributed by atoms with E-state index in [0.717, 1.165) is 18.5 Å². The molecule has 0 fully saturated rings. The molecule has 1 aliphatic rings. The molecule has 2 aromatic rings. The Balaban J connectivity index is 1.63. The van der Waals surface area contributed by atoms with Crippen LogP contribution in [0.2, 0.25) is 0 Å². The summed E-state index contributed by atoms with van der Waals surface area (Å²) in [6, 6.07) is 12.4. The zero-order valence-corrected chi connectivity index (χ0v) is 14.3. The molecule has 1 N–H and O–H groups in total. The highest BCUT2D eigenvalue weighted by molar-refractivity contribution is 5.75. The predicted molar refractivity (Wildman–Crippen MR) is 96.1 cm³/mol. The molecule has 1 unspecified atom stereocenters. The average Bonchev–Trinajstić information content (AvgIpc) is 2.72. The summed E-state index contributed by atoms with van der Waals surface area (Å²) in [4.78, 5) is 20.9. The zero-order valence-electron chi connectivity index (χ0n) is 14.3. The summed E-state index contributed by atoms with van der Waals surface area (Å²) in [6.07, 6.45) is 4.39. The van der Waals surface area contributed by atoms with Gasteiger partial charge in [-0.15, -0.1) is 0 Å². The van der Waals surface area contributed by atoms with E-state index in [1.165, 1.54) is 11.3 Å². The number of benzene rings is 1. The molecular weight excluding hydrogens is 300 g/mol. The van der Waals surface area contributed by atoms with Crippen molar-refractivity contribution in [2.24, 2.45) is 0 Å². The lowest BCUT2D eigenvalue weighted by atomic mass is 10.1. The number of carbonyl (C=O) groups is 1. The molecule has 24 heavy (non-hydrogen) atoms. The Labute approximate surface area is 143 Å². The molecule has 0 bridgehead atoms. The highest BCUT2D eigenvalue weighted by Gasteiger charge is 2.26. The number of likely N-dealkylation sites (N-methyl/N-ethyl adjacent to an activating group) is 1. The Morgan fingerprint density at radius 2 is 2.12 bits per heavy atom. The van der Waals surface area contributed by atoms with E-state index in [1.807, 2.05) is 35.4 Å². The van der Waals surface area contributed by atoms with Crippen LogP contribution in [0.5, 0.6) is 0 Å². The van der Waals surface area contributed by atoms with E-state index in [1.54, 1.807) is 6.20 Å². The largest absolute Gasteiger partial charge is 0.372 e. The summed E-state index contributed by atoms with van der Waals surface area (Å²) < 4.78 is 0. The van der Waals surface area contributed by atoms with Crippen molar-refractivity contribution in [2.75, 3.05) is 25.0 Å². The summed E-state index contributed by atoms with van der Waals surface area (Å²) in [5.41, 5.74) is 3.52. The van der Waals surface area contributed by atoms with Crippen LogP contribution in [0.15, 0.2) is 48.8 Å². The fourth-order valence-electron chi connectivity index (χ4n) is 3.18. The van der Waals surface area contributed by atoms with E-state index >= 15 is 0 Å². The number of anilines is 1. The molecule has 1 atom stereocenters. The highest BCUT2D eigenvalue weighted by Crippen LogP contribution is 2.25. The number of aromatic nitrogens is 1. The van der Waals surface area contributed by atoms with Gasteiger partial charge in [-0.2, -0.15) is 0 Å². The Kier molecular flexibility index (Phi) is 4.99. The van der Waals surface area contributed by atoms with Gasteiger partial charge in [-0.05, 0) is 36.6 Å². The van der Waals surface area contributed by atoms with Gasteiger partial charge < -0.3 is 15.1 Å². The zero-order chi connectivity index (χ0) is 16.9. The van der Waals surface area contributed by atoms with E-state index in [9.17, 15) is 4.79 Å². The molecule has 1 aliphatic heterocycles. The van der Waals surface area contributed by atoms with Gasteiger partial charge in [0.25, 0.3) is 0 Å². The molecule has 2 heterocycles. The molecule has 0 saturated heterocycles. The molecule has 126 valence electrons. The smallest absolute Gasteiger partial charge is 0.318 e. The second-order valence-electron chi connectivity index (χ2n) is 6.33. The number of nitrogens with zero attached hydrogens (tertiary/aromatic N) is 3. The monoisotopic (exact) mass is 324 g/mol. The van der Waals surface area contributed by atoms with Crippen molar-refractivity contribution in [3.63, 3.8) is 0 Å². The number of nitrogens with one attached hydrogen (secondary N) is 1. The molecule has 0 saturated carbocycles. The van der Waals surface area contributed by atoms with Crippen molar-refractivity contribution < 1.29 is 4.79 Å².